The van der Waals surface area contributed by atoms with Gasteiger partial charge in [-0.1, -0.05) is 12.1 Å². The SMILES string of the molecule is O=C(O)c1cn(-c2ccccn2)nc1C1=CCCCC1. The van der Waals surface area contributed by atoms with Crippen molar-refractivity contribution in [1.29, 1.82) is 0 Å². The third-order valence-corrected chi connectivity index (χ3v) is 3.42. The highest BCUT2D eigenvalue weighted by Crippen LogP contribution is 2.28. The Morgan fingerprint density at radius 3 is 2.85 bits per heavy atom. The molecule has 2 aromatic heterocycles. The van der Waals surface area contributed by atoms with Crippen LogP contribution in [0.15, 0.2) is 36.7 Å². The van der Waals surface area contributed by atoms with Crippen LogP contribution in [0.5, 0.6) is 0 Å². The second kappa shape index (κ2) is 5.28. The molecule has 1 N–H and O–H groups in total. The highest BCUT2D eigenvalue weighted by molar-refractivity contribution is 5.93. The maximum atomic E-state index is 11.4. The molecule has 3 rings (SSSR count). The van der Waals surface area contributed by atoms with E-state index in [1.807, 2.05) is 12.1 Å². The summed E-state index contributed by atoms with van der Waals surface area (Å²) in [5, 5.41) is 13.8. The molecule has 0 aliphatic heterocycles. The number of aromatic carboxylic acids is 1. The van der Waals surface area contributed by atoms with E-state index in [1.165, 1.54) is 10.9 Å². The van der Waals surface area contributed by atoms with Crippen molar-refractivity contribution in [2.45, 2.75) is 25.7 Å². The molecule has 1 aliphatic carbocycles. The van der Waals surface area contributed by atoms with Gasteiger partial charge in [-0.3, -0.25) is 0 Å². The van der Waals surface area contributed by atoms with Crippen LogP contribution in [0.1, 0.15) is 41.7 Å². The van der Waals surface area contributed by atoms with Crippen molar-refractivity contribution in [2.24, 2.45) is 0 Å². The molecule has 0 amide bonds. The second-order valence-corrected chi connectivity index (χ2v) is 4.80. The number of rotatable bonds is 3. The van der Waals surface area contributed by atoms with E-state index in [2.05, 4.69) is 16.2 Å². The van der Waals surface area contributed by atoms with Crippen molar-refractivity contribution >= 4 is 11.5 Å². The van der Waals surface area contributed by atoms with Crippen LogP contribution in [-0.4, -0.2) is 25.8 Å². The molecule has 0 fully saturated rings. The van der Waals surface area contributed by atoms with E-state index < -0.39 is 5.97 Å². The van der Waals surface area contributed by atoms with E-state index in [0.717, 1.165) is 31.3 Å². The summed E-state index contributed by atoms with van der Waals surface area (Å²) in [5.41, 5.74) is 1.84. The minimum Gasteiger partial charge on any atom is -0.478 e. The molecule has 2 aromatic rings. The van der Waals surface area contributed by atoms with Crippen molar-refractivity contribution in [1.82, 2.24) is 14.8 Å². The first-order valence-electron chi connectivity index (χ1n) is 6.69. The predicted molar refractivity (Wildman–Crippen MR) is 74.8 cm³/mol. The summed E-state index contributed by atoms with van der Waals surface area (Å²) in [5.74, 6) is -0.327. The summed E-state index contributed by atoms with van der Waals surface area (Å²) in [4.78, 5) is 15.6. The average molecular weight is 269 g/mol. The van der Waals surface area contributed by atoms with Gasteiger partial charge in [-0.25, -0.2) is 14.5 Å². The van der Waals surface area contributed by atoms with Crippen LogP contribution in [0.25, 0.3) is 11.4 Å². The second-order valence-electron chi connectivity index (χ2n) is 4.80. The Bertz CT molecular complexity index is 659. The van der Waals surface area contributed by atoms with Crippen LogP contribution in [0.3, 0.4) is 0 Å². The van der Waals surface area contributed by atoms with Crippen molar-refractivity contribution in [3.8, 4) is 5.82 Å². The zero-order valence-electron chi connectivity index (χ0n) is 11.0. The van der Waals surface area contributed by atoms with Gasteiger partial charge >= 0.3 is 5.97 Å². The van der Waals surface area contributed by atoms with Gasteiger partial charge in [-0.2, -0.15) is 5.10 Å². The van der Waals surface area contributed by atoms with Gasteiger partial charge in [0.2, 0.25) is 0 Å². The standard InChI is InChI=1S/C15H15N3O2/c19-15(20)12-10-18(13-8-4-5-9-16-13)17-14(12)11-6-2-1-3-7-11/h4-6,8-10H,1-3,7H2,(H,19,20). The van der Waals surface area contributed by atoms with Crippen LogP contribution in [-0.2, 0) is 0 Å². The van der Waals surface area contributed by atoms with Gasteiger partial charge in [0.1, 0.15) is 11.3 Å². The lowest BCUT2D eigenvalue weighted by Gasteiger charge is -2.10. The minimum atomic E-state index is -0.950. The molecule has 0 aromatic carbocycles. The summed E-state index contributed by atoms with van der Waals surface area (Å²) in [6.45, 7) is 0. The van der Waals surface area contributed by atoms with E-state index in [9.17, 15) is 9.90 Å². The van der Waals surface area contributed by atoms with Gasteiger partial charge in [0.25, 0.3) is 0 Å². The summed E-state index contributed by atoms with van der Waals surface area (Å²) < 4.78 is 1.54. The van der Waals surface area contributed by atoms with Gasteiger partial charge < -0.3 is 5.11 Å². The van der Waals surface area contributed by atoms with Crippen LogP contribution in [0.2, 0.25) is 0 Å². The Hall–Kier alpha value is -2.43. The highest BCUT2D eigenvalue weighted by atomic mass is 16.4. The molecular weight excluding hydrogens is 254 g/mol. The Balaban J connectivity index is 2.07. The molecule has 5 heteroatoms. The molecule has 0 saturated carbocycles. The zero-order valence-corrected chi connectivity index (χ0v) is 11.0. The lowest BCUT2D eigenvalue weighted by molar-refractivity contribution is 0.0696. The average Bonchev–Trinajstić information content (AvgIpc) is 2.94. The van der Waals surface area contributed by atoms with Crippen LogP contribution >= 0.6 is 0 Å². The van der Waals surface area contributed by atoms with Crippen molar-refractivity contribution in [3.63, 3.8) is 0 Å². The number of allylic oxidation sites excluding steroid dienone is 2. The van der Waals surface area contributed by atoms with E-state index in [0.29, 0.717) is 11.5 Å². The molecule has 0 saturated heterocycles. The number of hydrogen-bond acceptors (Lipinski definition) is 3. The number of hydrogen-bond donors (Lipinski definition) is 1. The molecule has 0 radical (unpaired) electrons. The largest absolute Gasteiger partial charge is 0.478 e. The number of carboxylic acid groups (broad SMARTS) is 1. The first-order valence-corrected chi connectivity index (χ1v) is 6.69. The molecule has 20 heavy (non-hydrogen) atoms. The van der Waals surface area contributed by atoms with Crippen LogP contribution in [0.4, 0.5) is 0 Å². The topological polar surface area (TPSA) is 68.0 Å². The smallest absolute Gasteiger partial charge is 0.339 e. The molecule has 2 heterocycles. The first-order chi connectivity index (χ1) is 9.75. The van der Waals surface area contributed by atoms with E-state index >= 15 is 0 Å². The Kier molecular flexibility index (Phi) is 3.33. The lowest BCUT2D eigenvalue weighted by atomic mass is 9.95. The van der Waals surface area contributed by atoms with Crippen molar-refractivity contribution in [3.05, 3.63) is 47.9 Å². The lowest BCUT2D eigenvalue weighted by Crippen LogP contribution is -2.01. The predicted octanol–water partition coefficient (Wildman–Crippen LogP) is 2.92. The van der Waals surface area contributed by atoms with Gasteiger partial charge in [-0.05, 0) is 43.4 Å². The zero-order chi connectivity index (χ0) is 13.9. The van der Waals surface area contributed by atoms with E-state index in [4.69, 9.17) is 0 Å². The number of carboxylic acids is 1. The third kappa shape index (κ3) is 2.34. The summed E-state index contributed by atoms with van der Waals surface area (Å²) in [6.07, 6.45) is 9.42. The van der Waals surface area contributed by atoms with Gasteiger partial charge in [0.05, 0.1) is 0 Å². The monoisotopic (exact) mass is 269 g/mol. The quantitative estimate of drug-likeness (QED) is 0.930. The fourth-order valence-electron chi connectivity index (χ4n) is 2.43. The molecule has 0 atom stereocenters. The third-order valence-electron chi connectivity index (χ3n) is 3.42. The summed E-state index contributed by atoms with van der Waals surface area (Å²) in [6, 6.07) is 5.47. The summed E-state index contributed by atoms with van der Waals surface area (Å²) in [7, 11) is 0. The minimum absolute atomic E-state index is 0.240. The first kappa shape index (κ1) is 12.6. The number of carbonyl (C=O) groups is 1. The van der Waals surface area contributed by atoms with E-state index in [1.54, 1.807) is 12.3 Å². The maximum Gasteiger partial charge on any atom is 0.339 e. The molecule has 5 nitrogen and oxygen atoms in total. The molecule has 0 unspecified atom stereocenters. The molecule has 0 spiro atoms. The molecule has 0 bridgehead atoms. The highest BCUT2D eigenvalue weighted by Gasteiger charge is 2.20. The fourth-order valence-corrected chi connectivity index (χ4v) is 2.43. The normalized spacial score (nSPS) is 14.9. The number of nitrogens with zero attached hydrogens (tertiary/aromatic N) is 3. The van der Waals surface area contributed by atoms with Gasteiger partial charge in [0, 0.05) is 12.4 Å². The Morgan fingerprint density at radius 2 is 2.20 bits per heavy atom. The van der Waals surface area contributed by atoms with Crippen LogP contribution in [0, 0.1) is 0 Å². The fraction of sp³-hybridized carbons (Fsp3) is 0.267. The van der Waals surface area contributed by atoms with Gasteiger partial charge in [0.15, 0.2) is 5.82 Å². The Morgan fingerprint density at radius 1 is 1.30 bits per heavy atom. The molecular formula is C15H15N3O2. The van der Waals surface area contributed by atoms with Gasteiger partial charge in [-0.15, -0.1) is 0 Å². The number of aromatic nitrogens is 3. The maximum absolute atomic E-state index is 11.4. The van der Waals surface area contributed by atoms with E-state index in [-0.39, 0.29) is 5.56 Å². The molecule has 1 aliphatic rings. The summed E-state index contributed by atoms with van der Waals surface area (Å²) >= 11 is 0. The molecule has 102 valence electrons. The van der Waals surface area contributed by atoms with Crippen molar-refractivity contribution < 1.29 is 9.90 Å². The Labute approximate surface area is 116 Å². The number of pyridine rings is 1. The van der Waals surface area contributed by atoms with Crippen molar-refractivity contribution in [2.75, 3.05) is 0 Å². The van der Waals surface area contributed by atoms with Crippen LogP contribution < -0.4 is 0 Å².